The fraction of sp³-hybridized carbons (Fsp3) is 0.207. The van der Waals surface area contributed by atoms with Crippen molar-refractivity contribution in [2.75, 3.05) is 0 Å². The molecule has 1 aromatic heterocycles. The van der Waals surface area contributed by atoms with Gasteiger partial charge < -0.3 is 14.8 Å². The Bertz CT molecular complexity index is 1350. The second kappa shape index (κ2) is 10.3. The van der Waals surface area contributed by atoms with E-state index in [-0.39, 0.29) is 12.2 Å². The number of carboxylic acids is 1. The lowest BCUT2D eigenvalue weighted by atomic mass is 9.95. The van der Waals surface area contributed by atoms with Crippen LogP contribution in [0.25, 0.3) is 10.9 Å². The molecule has 2 unspecified atom stereocenters. The Balaban J connectivity index is 1.68. The maximum Gasteiger partial charge on any atom is 0.304 e. The molecule has 4 nitrogen and oxygen atoms in total. The summed E-state index contributed by atoms with van der Waals surface area (Å²) < 4.78 is 21.7. The van der Waals surface area contributed by atoms with Crippen molar-refractivity contribution in [1.29, 1.82) is 0 Å². The Hall–Kier alpha value is -4.04. The smallest absolute Gasteiger partial charge is 0.304 e. The van der Waals surface area contributed by atoms with Crippen LogP contribution < -0.4 is 4.74 Å². The van der Waals surface area contributed by atoms with Crippen LogP contribution in [-0.2, 0) is 11.2 Å². The Morgan fingerprint density at radius 1 is 1.12 bits per heavy atom. The molecule has 0 aliphatic heterocycles. The number of aromatic nitrogens is 1. The number of halogens is 1. The highest BCUT2D eigenvalue weighted by Gasteiger charge is 2.23. The summed E-state index contributed by atoms with van der Waals surface area (Å²) >= 11 is 0. The predicted molar refractivity (Wildman–Crippen MR) is 131 cm³/mol. The van der Waals surface area contributed by atoms with Crippen molar-refractivity contribution in [2.45, 2.75) is 38.7 Å². The lowest BCUT2D eigenvalue weighted by molar-refractivity contribution is -0.137. The summed E-state index contributed by atoms with van der Waals surface area (Å²) in [6, 6.07) is 20.5. The summed E-state index contributed by atoms with van der Waals surface area (Å²) in [5, 5.41) is 10.0. The largest absolute Gasteiger partial charge is 0.485 e. The third-order valence-electron chi connectivity index (χ3n) is 5.94. The van der Waals surface area contributed by atoms with Crippen LogP contribution in [0, 0.1) is 24.6 Å². The molecule has 0 saturated carbocycles. The highest BCUT2D eigenvalue weighted by Crippen LogP contribution is 2.34. The average Bonchev–Trinajstić information content (AvgIpc) is 3.28. The van der Waals surface area contributed by atoms with Crippen LogP contribution in [0.3, 0.4) is 0 Å². The minimum Gasteiger partial charge on any atom is -0.485 e. The molecule has 4 aromatic rings. The van der Waals surface area contributed by atoms with Crippen molar-refractivity contribution in [3.63, 3.8) is 0 Å². The van der Waals surface area contributed by atoms with Crippen LogP contribution in [0.15, 0.2) is 72.9 Å². The number of aryl methyl sites for hydroxylation is 1. The number of fused-ring (bicyclic) bond motifs is 1. The maximum absolute atomic E-state index is 15.3. The van der Waals surface area contributed by atoms with Crippen LogP contribution in [0.5, 0.6) is 5.75 Å². The van der Waals surface area contributed by atoms with E-state index in [1.807, 2.05) is 55.5 Å². The average molecular weight is 456 g/mol. The normalized spacial score (nSPS) is 12.6. The number of ether oxygens (including phenoxy) is 1. The quantitative estimate of drug-likeness (QED) is 0.296. The molecule has 2 atom stereocenters. The highest BCUT2D eigenvalue weighted by atomic mass is 19.1. The van der Waals surface area contributed by atoms with Gasteiger partial charge in [-0.1, -0.05) is 48.4 Å². The number of aromatic amines is 1. The molecule has 34 heavy (non-hydrogen) atoms. The van der Waals surface area contributed by atoms with Crippen molar-refractivity contribution < 1.29 is 19.0 Å². The van der Waals surface area contributed by atoms with Crippen molar-refractivity contribution in [2.24, 2.45) is 0 Å². The van der Waals surface area contributed by atoms with E-state index in [9.17, 15) is 9.90 Å². The van der Waals surface area contributed by atoms with Crippen LogP contribution in [0.4, 0.5) is 4.39 Å². The monoisotopic (exact) mass is 455 g/mol. The van der Waals surface area contributed by atoms with Gasteiger partial charge in [0.25, 0.3) is 0 Å². The van der Waals surface area contributed by atoms with E-state index in [0.717, 1.165) is 27.6 Å². The molecule has 5 heteroatoms. The summed E-state index contributed by atoms with van der Waals surface area (Å²) in [7, 11) is 0. The van der Waals surface area contributed by atoms with Gasteiger partial charge in [-0.25, -0.2) is 4.39 Å². The molecule has 172 valence electrons. The first kappa shape index (κ1) is 23.1. The van der Waals surface area contributed by atoms with Gasteiger partial charge in [0.1, 0.15) is 17.7 Å². The fourth-order valence-electron chi connectivity index (χ4n) is 4.32. The second-order valence-electron chi connectivity index (χ2n) is 8.25. The van der Waals surface area contributed by atoms with Gasteiger partial charge >= 0.3 is 5.97 Å². The SMILES string of the molecule is CC#CC(CC(=O)O)c1ccc(OC(Cc2ccccc2)c2c(F)cc3cc[nH]c3c2C)cc1. The molecule has 2 N–H and O–H groups in total. The Kier molecular flexibility index (Phi) is 6.98. The van der Waals surface area contributed by atoms with Gasteiger partial charge in [0.15, 0.2) is 0 Å². The second-order valence-corrected chi connectivity index (χ2v) is 8.25. The summed E-state index contributed by atoms with van der Waals surface area (Å²) in [5.41, 5.74) is 4.07. The van der Waals surface area contributed by atoms with E-state index in [1.54, 1.807) is 31.3 Å². The lowest BCUT2D eigenvalue weighted by Crippen LogP contribution is -2.15. The zero-order valence-electron chi connectivity index (χ0n) is 19.1. The number of carbonyl (C=O) groups is 1. The van der Waals surface area contributed by atoms with Gasteiger partial charge in [-0.2, -0.15) is 0 Å². The fourth-order valence-corrected chi connectivity index (χ4v) is 4.32. The van der Waals surface area contributed by atoms with E-state index in [1.165, 1.54) is 0 Å². The molecule has 0 saturated heterocycles. The zero-order chi connectivity index (χ0) is 24.1. The van der Waals surface area contributed by atoms with Gasteiger partial charge in [-0.05, 0) is 54.8 Å². The van der Waals surface area contributed by atoms with Gasteiger partial charge in [-0.15, -0.1) is 5.92 Å². The molecule has 0 aliphatic rings. The molecule has 0 fully saturated rings. The first-order chi connectivity index (χ1) is 16.5. The van der Waals surface area contributed by atoms with Gasteiger partial charge in [0.2, 0.25) is 0 Å². The van der Waals surface area contributed by atoms with E-state index in [2.05, 4.69) is 16.8 Å². The topological polar surface area (TPSA) is 62.3 Å². The number of nitrogens with one attached hydrogen (secondary N) is 1. The molecule has 0 amide bonds. The van der Waals surface area contributed by atoms with Gasteiger partial charge in [0, 0.05) is 29.1 Å². The number of H-pyrrole nitrogens is 1. The number of aliphatic carboxylic acids is 1. The maximum atomic E-state index is 15.3. The molecular weight excluding hydrogens is 429 g/mol. The number of rotatable bonds is 8. The van der Waals surface area contributed by atoms with Crippen molar-refractivity contribution in [3.8, 4) is 17.6 Å². The van der Waals surface area contributed by atoms with Crippen molar-refractivity contribution in [3.05, 3.63) is 101 Å². The lowest BCUT2D eigenvalue weighted by Gasteiger charge is -2.23. The number of carboxylic acid groups (broad SMARTS) is 1. The van der Waals surface area contributed by atoms with Crippen LogP contribution in [0.2, 0.25) is 0 Å². The van der Waals surface area contributed by atoms with Crippen LogP contribution in [-0.4, -0.2) is 16.1 Å². The van der Waals surface area contributed by atoms with Crippen LogP contribution in [0.1, 0.15) is 47.6 Å². The minimum absolute atomic E-state index is 0.0712. The van der Waals surface area contributed by atoms with Crippen molar-refractivity contribution in [1.82, 2.24) is 4.98 Å². The third kappa shape index (κ3) is 5.13. The summed E-state index contributed by atoms with van der Waals surface area (Å²) in [6.07, 6.45) is 1.68. The molecule has 3 aromatic carbocycles. The summed E-state index contributed by atoms with van der Waals surface area (Å²) in [4.78, 5) is 14.4. The molecule has 0 radical (unpaired) electrons. The first-order valence-corrected chi connectivity index (χ1v) is 11.2. The predicted octanol–water partition coefficient (Wildman–Crippen LogP) is 6.56. The number of benzene rings is 3. The minimum atomic E-state index is -0.901. The summed E-state index contributed by atoms with van der Waals surface area (Å²) in [6.45, 7) is 3.60. The molecule has 0 spiro atoms. The number of hydrogen-bond donors (Lipinski definition) is 2. The highest BCUT2D eigenvalue weighted by molar-refractivity contribution is 5.83. The molecule has 0 bridgehead atoms. The van der Waals surface area contributed by atoms with E-state index >= 15 is 4.39 Å². The Morgan fingerprint density at radius 3 is 2.53 bits per heavy atom. The Labute approximate surface area is 198 Å². The van der Waals surface area contributed by atoms with Gasteiger partial charge in [0.05, 0.1) is 12.3 Å². The van der Waals surface area contributed by atoms with Gasteiger partial charge in [-0.3, -0.25) is 4.79 Å². The number of hydrogen-bond acceptors (Lipinski definition) is 2. The van der Waals surface area contributed by atoms with Crippen molar-refractivity contribution >= 4 is 16.9 Å². The standard InChI is InChI=1S/C29H26FNO3/c1-3-7-22(18-27(32)33)21-10-12-24(13-11-21)34-26(16-20-8-5-4-6-9-20)28-19(2)29-23(14-15-31-29)17-25(28)30/h4-6,8-15,17,22,26,31H,16,18H2,1-2H3,(H,32,33). The van der Waals surface area contributed by atoms with E-state index in [4.69, 9.17) is 4.74 Å². The molecular formula is C29H26FNO3. The Morgan fingerprint density at radius 2 is 1.85 bits per heavy atom. The van der Waals surface area contributed by atoms with E-state index < -0.39 is 18.0 Å². The first-order valence-electron chi connectivity index (χ1n) is 11.2. The van der Waals surface area contributed by atoms with Crippen LogP contribution >= 0.6 is 0 Å². The molecule has 4 rings (SSSR count). The molecule has 0 aliphatic carbocycles. The van der Waals surface area contributed by atoms with E-state index in [0.29, 0.717) is 17.7 Å². The third-order valence-corrected chi connectivity index (χ3v) is 5.94. The summed E-state index contributed by atoms with van der Waals surface area (Å²) in [5.74, 6) is 4.73. The molecule has 1 heterocycles. The zero-order valence-corrected chi connectivity index (χ0v) is 19.1.